The zero-order valence-electron chi connectivity index (χ0n) is 7.56. The molecule has 0 aromatic heterocycles. The van der Waals surface area contributed by atoms with Crippen molar-refractivity contribution in [3.8, 4) is 0 Å². The highest BCUT2D eigenvalue weighted by molar-refractivity contribution is 5.86. The molecule has 0 saturated heterocycles. The number of carboxylic acids is 3. The summed E-state index contributed by atoms with van der Waals surface area (Å²) in [4.78, 5) is 39.7. The van der Waals surface area contributed by atoms with Gasteiger partial charge in [-0.3, -0.25) is 19.7 Å². The SMILES string of the molecule is O=C(O)CC(C(=O)O)C(O)(C(=O)O)[N+](=O)[O-]. The Morgan fingerprint density at radius 2 is 1.69 bits per heavy atom. The maximum absolute atomic E-state index is 10.5. The van der Waals surface area contributed by atoms with E-state index in [-0.39, 0.29) is 0 Å². The number of hydrogen-bond acceptors (Lipinski definition) is 6. The molecule has 0 aromatic carbocycles. The lowest BCUT2D eigenvalue weighted by atomic mass is 9.93. The first-order valence-corrected chi connectivity index (χ1v) is 3.68. The fourth-order valence-corrected chi connectivity index (χ4v) is 0.931. The molecule has 10 nitrogen and oxygen atoms in total. The topological polar surface area (TPSA) is 175 Å². The lowest BCUT2D eigenvalue weighted by Crippen LogP contribution is -2.55. The first kappa shape index (κ1) is 13.8. The molecule has 2 atom stereocenters. The van der Waals surface area contributed by atoms with Crippen molar-refractivity contribution in [2.45, 2.75) is 12.1 Å². The summed E-state index contributed by atoms with van der Waals surface area (Å²) < 4.78 is 0. The minimum atomic E-state index is -3.87. The molecule has 0 saturated carbocycles. The molecule has 0 radical (unpaired) electrons. The number of nitrogens with zero attached hydrogens (tertiary/aromatic N) is 1. The largest absolute Gasteiger partial charge is 0.481 e. The first-order valence-electron chi connectivity index (χ1n) is 3.68. The minimum absolute atomic E-state index is 1.39. The number of hydrogen-bond donors (Lipinski definition) is 4. The molecule has 0 heterocycles. The van der Waals surface area contributed by atoms with Crippen molar-refractivity contribution in [3.05, 3.63) is 10.1 Å². The van der Waals surface area contributed by atoms with Crippen molar-refractivity contribution >= 4 is 17.9 Å². The van der Waals surface area contributed by atoms with Gasteiger partial charge in [0.15, 0.2) is 5.92 Å². The van der Waals surface area contributed by atoms with Crippen LogP contribution in [0.15, 0.2) is 0 Å². The van der Waals surface area contributed by atoms with E-state index in [0.717, 1.165) is 0 Å². The van der Waals surface area contributed by atoms with Crippen LogP contribution in [0.2, 0.25) is 0 Å². The third-order valence-electron chi connectivity index (χ3n) is 1.76. The fourth-order valence-electron chi connectivity index (χ4n) is 0.931. The predicted octanol–water partition coefficient (Wildman–Crippen LogP) is -1.79. The second kappa shape index (κ2) is 4.53. The zero-order valence-corrected chi connectivity index (χ0v) is 7.56. The molecule has 10 heteroatoms. The summed E-state index contributed by atoms with van der Waals surface area (Å²) in [5, 5.41) is 44.5. The van der Waals surface area contributed by atoms with Gasteiger partial charge in [0, 0.05) is 0 Å². The number of carbonyl (C=O) groups is 3. The van der Waals surface area contributed by atoms with Crippen LogP contribution < -0.4 is 0 Å². The van der Waals surface area contributed by atoms with E-state index < -0.39 is 40.9 Å². The smallest absolute Gasteiger partial charge is 0.433 e. The van der Waals surface area contributed by atoms with Crippen LogP contribution in [0.25, 0.3) is 0 Å². The van der Waals surface area contributed by atoms with E-state index in [9.17, 15) is 24.5 Å². The summed E-state index contributed by atoms with van der Waals surface area (Å²) in [6.45, 7) is 0. The summed E-state index contributed by atoms with van der Waals surface area (Å²) in [5.74, 6) is -8.90. The second-order valence-corrected chi connectivity index (χ2v) is 2.78. The molecule has 0 bridgehead atoms. The Labute approximate surface area is 86.9 Å². The number of rotatable bonds is 6. The van der Waals surface area contributed by atoms with E-state index in [0.29, 0.717) is 0 Å². The monoisotopic (exact) mass is 237 g/mol. The van der Waals surface area contributed by atoms with Gasteiger partial charge in [-0.25, -0.2) is 4.79 Å². The van der Waals surface area contributed by atoms with Crippen molar-refractivity contribution in [1.29, 1.82) is 0 Å². The number of aliphatic hydroxyl groups is 1. The van der Waals surface area contributed by atoms with E-state index in [4.69, 9.17) is 20.4 Å². The highest BCUT2D eigenvalue weighted by atomic mass is 16.7. The van der Waals surface area contributed by atoms with Crippen molar-refractivity contribution in [2.24, 2.45) is 5.92 Å². The second-order valence-electron chi connectivity index (χ2n) is 2.78. The van der Waals surface area contributed by atoms with Crippen molar-refractivity contribution in [1.82, 2.24) is 0 Å². The van der Waals surface area contributed by atoms with Gasteiger partial charge in [-0.05, 0) is 0 Å². The van der Waals surface area contributed by atoms with Gasteiger partial charge in [0.2, 0.25) is 0 Å². The van der Waals surface area contributed by atoms with E-state index in [1.165, 1.54) is 0 Å². The molecule has 0 rings (SSSR count). The Morgan fingerprint density at radius 3 is 1.88 bits per heavy atom. The van der Waals surface area contributed by atoms with Gasteiger partial charge < -0.3 is 20.4 Å². The molecular weight excluding hydrogens is 230 g/mol. The molecule has 90 valence electrons. The number of carboxylic acid groups (broad SMARTS) is 3. The van der Waals surface area contributed by atoms with E-state index >= 15 is 0 Å². The van der Waals surface area contributed by atoms with Gasteiger partial charge in [0.25, 0.3) is 0 Å². The molecule has 0 aliphatic carbocycles. The van der Waals surface area contributed by atoms with Gasteiger partial charge in [-0.2, -0.15) is 0 Å². The average molecular weight is 237 g/mol. The van der Waals surface area contributed by atoms with Crippen LogP contribution in [0.5, 0.6) is 0 Å². The first-order chi connectivity index (χ1) is 7.13. The highest BCUT2D eigenvalue weighted by Gasteiger charge is 2.61. The van der Waals surface area contributed by atoms with Gasteiger partial charge in [0.05, 0.1) is 11.3 Å². The van der Waals surface area contributed by atoms with Gasteiger partial charge in [-0.15, -0.1) is 0 Å². The molecule has 16 heavy (non-hydrogen) atoms. The van der Waals surface area contributed by atoms with Crippen molar-refractivity contribution < 1.29 is 39.7 Å². The van der Waals surface area contributed by atoms with Crippen LogP contribution in [0, 0.1) is 16.0 Å². The number of aliphatic carboxylic acids is 3. The summed E-state index contributed by atoms with van der Waals surface area (Å²) >= 11 is 0. The lowest BCUT2D eigenvalue weighted by molar-refractivity contribution is -0.615. The van der Waals surface area contributed by atoms with Crippen LogP contribution in [0.3, 0.4) is 0 Å². The normalized spacial score (nSPS) is 15.8. The molecule has 0 aliphatic rings. The Morgan fingerprint density at radius 1 is 1.25 bits per heavy atom. The van der Waals surface area contributed by atoms with Crippen LogP contribution in [0.4, 0.5) is 0 Å². The van der Waals surface area contributed by atoms with Crippen molar-refractivity contribution in [3.63, 3.8) is 0 Å². The molecule has 0 aliphatic heterocycles. The third kappa shape index (κ3) is 2.42. The fraction of sp³-hybridized carbons (Fsp3) is 0.500. The molecule has 4 N–H and O–H groups in total. The predicted molar refractivity (Wildman–Crippen MR) is 43.0 cm³/mol. The standard InChI is InChI=1S/C6H7NO9/c8-3(9)1-2(4(10)11)6(14,5(12)13)7(15)16/h2,14H,1H2,(H,8,9)(H,10,11)(H,12,13). The Balaban J connectivity index is 5.44. The van der Waals surface area contributed by atoms with E-state index in [1.54, 1.807) is 0 Å². The van der Waals surface area contributed by atoms with Crippen molar-refractivity contribution in [2.75, 3.05) is 0 Å². The highest BCUT2D eigenvalue weighted by Crippen LogP contribution is 2.23. The third-order valence-corrected chi connectivity index (χ3v) is 1.76. The molecule has 2 unspecified atom stereocenters. The number of nitro groups is 1. The molecule has 0 fully saturated rings. The Bertz CT molecular complexity index is 334. The molecular formula is C6H7NO9. The maximum Gasteiger partial charge on any atom is 0.433 e. The summed E-state index contributed by atoms with van der Waals surface area (Å²) in [6, 6.07) is 0. The van der Waals surface area contributed by atoms with E-state index in [2.05, 4.69) is 0 Å². The molecule has 0 aromatic rings. The minimum Gasteiger partial charge on any atom is -0.481 e. The van der Waals surface area contributed by atoms with Crippen LogP contribution in [0.1, 0.15) is 6.42 Å². The quantitative estimate of drug-likeness (QED) is 0.236. The Hall–Kier alpha value is -2.23. The van der Waals surface area contributed by atoms with Crippen LogP contribution >= 0.6 is 0 Å². The summed E-state index contributed by atoms with van der Waals surface area (Å²) in [6.07, 6.45) is -1.39. The average Bonchev–Trinajstić information content (AvgIpc) is 2.11. The summed E-state index contributed by atoms with van der Waals surface area (Å²) in [5.41, 5.74) is -3.87. The van der Waals surface area contributed by atoms with Gasteiger partial charge in [-0.1, -0.05) is 0 Å². The van der Waals surface area contributed by atoms with Crippen LogP contribution in [-0.2, 0) is 14.4 Å². The van der Waals surface area contributed by atoms with Gasteiger partial charge in [0.1, 0.15) is 0 Å². The molecule has 0 spiro atoms. The van der Waals surface area contributed by atoms with Gasteiger partial charge >= 0.3 is 23.6 Å². The maximum atomic E-state index is 10.5. The Kier molecular flexibility index (Phi) is 3.90. The van der Waals surface area contributed by atoms with E-state index in [1.807, 2.05) is 0 Å². The lowest BCUT2D eigenvalue weighted by Gasteiger charge is -2.19. The van der Waals surface area contributed by atoms with Crippen LogP contribution in [-0.4, -0.2) is 49.0 Å². The summed E-state index contributed by atoms with van der Waals surface area (Å²) in [7, 11) is 0. The zero-order chi connectivity index (χ0) is 13.1. The molecule has 0 amide bonds.